The molecule has 1 fully saturated rings. The van der Waals surface area contributed by atoms with Crippen molar-refractivity contribution in [2.75, 3.05) is 13.1 Å². The van der Waals surface area contributed by atoms with Gasteiger partial charge in [0, 0.05) is 13.1 Å². The molecule has 0 spiro atoms. The second kappa shape index (κ2) is 3.53. The summed E-state index contributed by atoms with van der Waals surface area (Å²) in [5.41, 5.74) is 5.30. The van der Waals surface area contributed by atoms with Gasteiger partial charge < -0.3 is 11.1 Å². The third kappa shape index (κ3) is 1.83. The summed E-state index contributed by atoms with van der Waals surface area (Å²) >= 11 is 0. The van der Waals surface area contributed by atoms with E-state index in [1.54, 1.807) is 0 Å². The third-order valence-corrected chi connectivity index (χ3v) is 1.72. The number of imide groups is 1. The van der Waals surface area contributed by atoms with E-state index in [4.69, 9.17) is 5.73 Å². The Bertz CT molecular complexity index is 262. The topological polar surface area (TPSA) is 92.5 Å². The molecule has 0 unspecified atom stereocenters. The molecule has 1 atom stereocenters. The van der Waals surface area contributed by atoms with E-state index in [0.29, 0.717) is 6.54 Å². The number of nitrogens with zero attached hydrogens (tertiary/aromatic N) is 1. The lowest BCUT2D eigenvalue weighted by Gasteiger charge is -2.25. The number of hydrogen-bond donors (Lipinski definition) is 2. The van der Waals surface area contributed by atoms with Crippen LogP contribution in [-0.4, -0.2) is 41.8 Å². The van der Waals surface area contributed by atoms with Crippen LogP contribution in [0.3, 0.4) is 0 Å². The Morgan fingerprint density at radius 3 is 2.77 bits per heavy atom. The Kier molecular flexibility index (Phi) is 2.62. The molecule has 0 aromatic heterocycles. The Morgan fingerprint density at radius 1 is 1.62 bits per heavy atom. The van der Waals surface area contributed by atoms with Crippen molar-refractivity contribution in [3.05, 3.63) is 0 Å². The van der Waals surface area contributed by atoms with Crippen molar-refractivity contribution in [2.45, 2.75) is 13.0 Å². The minimum Gasteiger partial charge on any atom is -0.346 e. The highest BCUT2D eigenvalue weighted by molar-refractivity contribution is 6.38. The van der Waals surface area contributed by atoms with Crippen LogP contribution in [0.5, 0.6) is 0 Å². The van der Waals surface area contributed by atoms with Gasteiger partial charge in [0.15, 0.2) is 0 Å². The van der Waals surface area contributed by atoms with Gasteiger partial charge in [0.25, 0.3) is 0 Å². The molecular weight excluding hydrogens is 174 g/mol. The first-order chi connectivity index (χ1) is 6.04. The fourth-order valence-corrected chi connectivity index (χ4v) is 1.04. The van der Waals surface area contributed by atoms with Crippen molar-refractivity contribution in [2.24, 2.45) is 5.73 Å². The van der Waals surface area contributed by atoms with E-state index in [-0.39, 0.29) is 6.54 Å². The van der Waals surface area contributed by atoms with Gasteiger partial charge in [0.1, 0.15) is 0 Å². The Morgan fingerprint density at radius 2 is 2.23 bits per heavy atom. The fourth-order valence-electron chi connectivity index (χ4n) is 1.04. The van der Waals surface area contributed by atoms with Crippen molar-refractivity contribution < 1.29 is 14.4 Å². The summed E-state index contributed by atoms with van der Waals surface area (Å²) in [5, 5.41) is 2.33. The smallest absolute Gasteiger partial charge is 0.318 e. The normalized spacial score (nSPS) is 19.7. The minimum absolute atomic E-state index is 0.199. The first-order valence-corrected chi connectivity index (χ1v) is 3.93. The van der Waals surface area contributed by atoms with Crippen LogP contribution in [0, 0.1) is 0 Å². The average Bonchev–Trinajstić information content (AvgIpc) is 2.08. The van der Waals surface area contributed by atoms with E-state index >= 15 is 0 Å². The molecule has 0 bridgehead atoms. The van der Waals surface area contributed by atoms with Gasteiger partial charge in [-0.3, -0.25) is 19.3 Å². The largest absolute Gasteiger partial charge is 0.346 e. The molecular formula is C7H11N3O3. The predicted octanol–water partition coefficient (Wildman–Crippen LogP) is -2.18. The minimum atomic E-state index is -0.825. The number of carbonyl (C=O) groups excluding carboxylic acids is 3. The summed E-state index contributed by atoms with van der Waals surface area (Å²) < 4.78 is 0. The SMILES string of the molecule is C[C@H](N)C(=O)N1CCNC(=O)C1=O. The molecule has 6 heteroatoms. The van der Waals surface area contributed by atoms with Gasteiger partial charge in [-0.05, 0) is 6.92 Å². The maximum absolute atomic E-state index is 11.3. The molecule has 0 saturated carbocycles. The van der Waals surface area contributed by atoms with Crippen LogP contribution in [0.25, 0.3) is 0 Å². The van der Waals surface area contributed by atoms with Crippen molar-refractivity contribution in [1.82, 2.24) is 10.2 Å². The summed E-state index contributed by atoms with van der Waals surface area (Å²) in [6, 6.07) is -0.755. The summed E-state index contributed by atoms with van der Waals surface area (Å²) in [7, 11) is 0. The number of piperazine rings is 1. The van der Waals surface area contributed by atoms with Gasteiger partial charge in [-0.25, -0.2) is 0 Å². The zero-order chi connectivity index (χ0) is 10.0. The molecule has 3 N–H and O–H groups in total. The number of hydrogen-bond acceptors (Lipinski definition) is 4. The van der Waals surface area contributed by atoms with E-state index in [9.17, 15) is 14.4 Å². The van der Waals surface area contributed by atoms with Gasteiger partial charge in [-0.1, -0.05) is 0 Å². The van der Waals surface area contributed by atoms with Crippen molar-refractivity contribution in [3.63, 3.8) is 0 Å². The van der Waals surface area contributed by atoms with Crippen LogP contribution in [0.4, 0.5) is 0 Å². The summed E-state index contributed by atoms with van der Waals surface area (Å²) in [6.45, 7) is 1.97. The molecule has 0 aromatic rings. The first kappa shape index (κ1) is 9.66. The van der Waals surface area contributed by atoms with Crippen molar-refractivity contribution in [3.8, 4) is 0 Å². The number of amides is 3. The Labute approximate surface area is 75.1 Å². The zero-order valence-corrected chi connectivity index (χ0v) is 7.24. The van der Waals surface area contributed by atoms with E-state index in [1.165, 1.54) is 6.92 Å². The summed E-state index contributed by atoms with van der Waals surface area (Å²) in [6.07, 6.45) is 0. The molecule has 3 amide bonds. The van der Waals surface area contributed by atoms with Crippen LogP contribution < -0.4 is 11.1 Å². The second-order valence-electron chi connectivity index (χ2n) is 2.84. The lowest BCUT2D eigenvalue weighted by molar-refractivity contribution is -0.155. The van der Waals surface area contributed by atoms with Crippen LogP contribution in [0.15, 0.2) is 0 Å². The van der Waals surface area contributed by atoms with Crippen LogP contribution in [0.1, 0.15) is 6.92 Å². The molecule has 1 aliphatic rings. The van der Waals surface area contributed by atoms with Gasteiger partial charge in [0.2, 0.25) is 5.91 Å². The van der Waals surface area contributed by atoms with Crippen molar-refractivity contribution in [1.29, 1.82) is 0 Å². The molecule has 0 aromatic carbocycles. The highest BCUT2D eigenvalue weighted by Gasteiger charge is 2.31. The summed E-state index contributed by atoms with van der Waals surface area (Å²) in [5.74, 6) is -2.09. The molecule has 13 heavy (non-hydrogen) atoms. The molecule has 0 radical (unpaired) electrons. The maximum Gasteiger partial charge on any atom is 0.318 e. The highest BCUT2D eigenvalue weighted by Crippen LogP contribution is 1.98. The number of nitrogens with one attached hydrogen (secondary N) is 1. The lowest BCUT2D eigenvalue weighted by atomic mass is 10.2. The Balaban J connectivity index is 2.74. The van der Waals surface area contributed by atoms with E-state index in [2.05, 4.69) is 5.32 Å². The molecule has 6 nitrogen and oxygen atoms in total. The van der Waals surface area contributed by atoms with Crippen LogP contribution in [-0.2, 0) is 14.4 Å². The maximum atomic E-state index is 11.3. The second-order valence-corrected chi connectivity index (χ2v) is 2.84. The molecule has 1 saturated heterocycles. The highest BCUT2D eigenvalue weighted by atomic mass is 16.2. The molecule has 72 valence electrons. The third-order valence-electron chi connectivity index (χ3n) is 1.72. The van der Waals surface area contributed by atoms with Gasteiger partial charge in [-0.15, -0.1) is 0 Å². The lowest BCUT2D eigenvalue weighted by Crippen LogP contribution is -2.57. The van der Waals surface area contributed by atoms with Crippen LogP contribution in [0.2, 0.25) is 0 Å². The predicted molar refractivity (Wildman–Crippen MR) is 43.4 cm³/mol. The molecule has 0 aliphatic carbocycles. The van der Waals surface area contributed by atoms with Crippen LogP contribution >= 0.6 is 0 Å². The van der Waals surface area contributed by atoms with E-state index < -0.39 is 23.8 Å². The van der Waals surface area contributed by atoms with Gasteiger partial charge in [0.05, 0.1) is 6.04 Å². The monoisotopic (exact) mass is 185 g/mol. The average molecular weight is 185 g/mol. The number of carbonyl (C=O) groups is 3. The molecule has 1 heterocycles. The summed E-state index contributed by atoms with van der Waals surface area (Å²) in [4.78, 5) is 34.1. The fraction of sp³-hybridized carbons (Fsp3) is 0.571. The van der Waals surface area contributed by atoms with E-state index in [1.807, 2.05) is 0 Å². The molecule has 1 rings (SSSR count). The van der Waals surface area contributed by atoms with Gasteiger partial charge in [-0.2, -0.15) is 0 Å². The molecule has 1 aliphatic heterocycles. The Hall–Kier alpha value is -1.43. The number of nitrogens with two attached hydrogens (primary N) is 1. The zero-order valence-electron chi connectivity index (χ0n) is 7.24. The standard InChI is InChI=1S/C7H11N3O3/c1-4(8)6(12)10-3-2-9-5(11)7(10)13/h4H,2-3,8H2,1H3,(H,9,11)/t4-/m0/s1. The number of rotatable bonds is 1. The first-order valence-electron chi connectivity index (χ1n) is 3.93. The van der Waals surface area contributed by atoms with Crippen molar-refractivity contribution >= 4 is 17.7 Å². The van der Waals surface area contributed by atoms with E-state index in [0.717, 1.165) is 4.90 Å². The quantitative estimate of drug-likeness (QED) is 0.454. The van der Waals surface area contributed by atoms with Gasteiger partial charge >= 0.3 is 11.8 Å².